The second kappa shape index (κ2) is 8.45. The smallest absolute Gasteiger partial charge is 0.192 e. The molecule has 0 fully saturated rings. The number of carbonyl (C=O) groups excluding carboxylic acids is 1. The zero-order valence-electron chi connectivity index (χ0n) is 15.1. The number of Topliss-reactive ketones (excluding diaryl/α,β-unsaturated/α-hetero) is 1. The molecular weight excluding hydrogens is 394 g/mol. The first-order valence-corrected chi connectivity index (χ1v) is 10.4. The van der Waals surface area contributed by atoms with Crippen LogP contribution in [-0.4, -0.2) is 33.4 Å². The summed E-state index contributed by atoms with van der Waals surface area (Å²) < 4.78 is 12.6. The maximum Gasteiger partial charge on any atom is 0.192 e. The molecule has 0 unspecified atom stereocenters. The lowest BCUT2D eigenvalue weighted by Crippen LogP contribution is -2.06. The largest absolute Gasteiger partial charge is 0.497 e. The first-order valence-electron chi connectivity index (χ1n) is 8.54. The Morgan fingerprint density at radius 1 is 1.18 bits per heavy atom. The number of carbonyl (C=O) groups is 1. The summed E-state index contributed by atoms with van der Waals surface area (Å²) in [5, 5.41) is 11.3. The summed E-state index contributed by atoms with van der Waals surface area (Å²) in [5.74, 6) is 2.60. The highest BCUT2D eigenvalue weighted by Crippen LogP contribution is 2.28. The number of hydrogen-bond donors (Lipinski definition) is 0. The third kappa shape index (κ3) is 4.02. The van der Waals surface area contributed by atoms with E-state index in [4.69, 9.17) is 9.15 Å². The summed E-state index contributed by atoms with van der Waals surface area (Å²) in [6, 6.07) is 14.9. The number of methoxy groups -OCH3 is 1. The molecule has 4 aromatic rings. The second-order valence-electron chi connectivity index (χ2n) is 5.89. The molecule has 1 aromatic carbocycles. The van der Waals surface area contributed by atoms with E-state index in [0.717, 1.165) is 22.2 Å². The van der Waals surface area contributed by atoms with Crippen molar-refractivity contribution in [1.82, 2.24) is 14.8 Å². The first-order chi connectivity index (χ1) is 13.7. The van der Waals surface area contributed by atoms with E-state index in [1.807, 2.05) is 34.2 Å². The van der Waals surface area contributed by atoms with Crippen molar-refractivity contribution in [1.29, 1.82) is 0 Å². The molecule has 0 aliphatic carbocycles. The number of rotatable bonds is 8. The van der Waals surface area contributed by atoms with Crippen LogP contribution in [0, 0.1) is 0 Å². The van der Waals surface area contributed by atoms with E-state index in [9.17, 15) is 4.79 Å². The Kier molecular flexibility index (Phi) is 5.59. The molecule has 0 bridgehead atoms. The normalized spacial score (nSPS) is 10.9. The predicted octanol–water partition coefficient (Wildman–Crippen LogP) is 4.63. The van der Waals surface area contributed by atoms with Crippen molar-refractivity contribution in [3.63, 3.8) is 0 Å². The minimum atomic E-state index is 0.0258. The lowest BCUT2D eigenvalue weighted by molar-refractivity contribution is 0.102. The lowest BCUT2D eigenvalue weighted by atomic mass is 10.1. The molecular formula is C20H17N3O3S2. The van der Waals surface area contributed by atoms with Crippen molar-refractivity contribution in [2.24, 2.45) is 0 Å². The maximum absolute atomic E-state index is 12.5. The van der Waals surface area contributed by atoms with Crippen molar-refractivity contribution in [2.45, 2.75) is 11.7 Å². The van der Waals surface area contributed by atoms with Gasteiger partial charge in [-0.3, -0.25) is 9.36 Å². The maximum atomic E-state index is 12.5. The molecule has 0 saturated heterocycles. The fourth-order valence-corrected chi connectivity index (χ4v) is 4.22. The molecule has 0 N–H and O–H groups in total. The van der Waals surface area contributed by atoms with Gasteiger partial charge >= 0.3 is 0 Å². The molecule has 0 saturated carbocycles. The van der Waals surface area contributed by atoms with Crippen molar-refractivity contribution in [2.75, 3.05) is 12.9 Å². The van der Waals surface area contributed by atoms with Gasteiger partial charge in [0, 0.05) is 5.56 Å². The predicted molar refractivity (Wildman–Crippen MR) is 109 cm³/mol. The van der Waals surface area contributed by atoms with Crippen molar-refractivity contribution < 1.29 is 13.9 Å². The monoisotopic (exact) mass is 411 g/mol. The molecule has 6 nitrogen and oxygen atoms in total. The summed E-state index contributed by atoms with van der Waals surface area (Å²) >= 11 is 2.97. The minimum absolute atomic E-state index is 0.0258. The van der Waals surface area contributed by atoms with Gasteiger partial charge in [0.25, 0.3) is 0 Å². The van der Waals surface area contributed by atoms with Crippen molar-refractivity contribution in [3.8, 4) is 16.5 Å². The van der Waals surface area contributed by atoms with E-state index in [0.29, 0.717) is 17.3 Å². The van der Waals surface area contributed by atoms with Crippen LogP contribution in [-0.2, 0) is 6.54 Å². The molecule has 0 radical (unpaired) electrons. The average molecular weight is 412 g/mol. The molecule has 0 spiro atoms. The summed E-state index contributed by atoms with van der Waals surface area (Å²) in [4.78, 5) is 13.6. The number of ether oxygens (including phenoxy) is 1. The summed E-state index contributed by atoms with van der Waals surface area (Å²) in [7, 11) is 1.60. The highest BCUT2D eigenvalue weighted by atomic mass is 32.2. The van der Waals surface area contributed by atoms with Gasteiger partial charge in [0.2, 0.25) is 0 Å². The lowest BCUT2D eigenvalue weighted by Gasteiger charge is -2.08. The molecule has 3 heterocycles. The zero-order valence-corrected chi connectivity index (χ0v) is 16.7. The Hall–Kier alpha value is -2.84. The van der Waals surface area contributed by atoms with Crippen molar-refractivity contribution >= 4 is 28.9 Å². The summed E-state index contributed by atoms with van der Waals surface area (Å²) in [5.41, 5.74) is 0.642. The van der Waals surface area contributed by atoms with E-state index in [2.05, 4.69) is 10.2 Å². The molecule has 0 atom stereocenters. The van der Waals surface area contributed by atoms with Gasteiger partial charge in [0.05, 0.1) is 30.5 Å². The Morgan fingerprint density at radius 3 is 2.71 bits per heavy atom. The second-order valence-corrected chi connectivity index (χ2v) is 7.78. The standard InChI is InChI=1S/C20H17N3O3S2/c1-25-15-8-6-14(7-9-15)17(24)13-28-20-22-21-19(18-5-3-11-27-18)23(20)12-16-4-2-10-26-16/h2-11H,12-13H2,1H3. The van der Waals surface area contributed by atoms with Gasteiger partial charge < -0.3 is 9.15 Å². The average Bonchev–Trinajstić information content (AvgIpc) is 3.49. The number of nitrogens with zero attached hydrogens (tertiary/aromatic N) is 3. The molecule has 28 heavy (non-hydrogen) atoms. The van der Waals surface area contributed by atoms with Gasteiger partial charge in [-0.05, 0) is 47.8 Å². The van der Waals surface area contributed by atoms with Crippen LogP contribution in [0.25, 0.3) is 10.7 Å². The molecule has 0 aliphatic rings. The van der Waals surface area contributed by atoms with Gasteiger partial charge in [-0.25, -0.2) is 0 Å². The van der Waals surface area contributed by atoms with Gasteiger partial charge in [0.15, 0.2) is 16.8 Å². The van der Waals surface area contributed by atoms with Crippen LogP contribution in [0.15, 0.2) is 69.7 Å². The number of thiophene rings is 1. The van der Waals surface area contributed by atoms with E-state index in [1.54, 1.807) is 49.0 Å². The quantitative estimate of drug-likeness (QED) is 0.311. The van der Waals surface area contributed by atoms with Crippen LogP contribution < -0.4 is 4.74 Å². The zero-order chi connectivity index (χ0) is 19.3. The first kappa shape index (κ1) is 18.5. The molecule has 0 aliphatic heterocycles. The van der Waals surface area contributed by atoms with E-state index >= 15 is 0 Å². The van der Waals surface area contributed by atoms with E-state index in [1.165, 1.54) is 11.8 Å². The number of hydrogen-bond acceptors (Lipinski definition) is 7. The van der Waals surface area contributed by atoms with Crippen molar-refractivity contribution in [3.05, 3.63) is 71.5 Å². The number of ketones is 1. The van der Waals surface area contributed by atoms with Crippen LogP contribution >= 0.6 is 23.1 Å². The topological polar surface area (TPSA) is 70.2 Å². The van der Waals surface area contributed by atoms with Crippen LogP contribution in [0.4, 0.5) is 0 Å². The van der Waals surface area contributed by atoms with E-state index in [-0.39, 0.29) is 11.5 Å². The van der Waals surface area contributed by atoms with Gasteiger partial charge in [-0.15, -0.1) is 21.5 Å². The molecule has 3 aromatic heterocycles. The van der Waals surface area contributed by atoms with Gasteiger partial charge in [0.1, 0.15) is 11.5 Å². The van der Waals surface area contributed by atoms with Crippen LogP contribution in [0.1, 0.15) is 16.1 Å². The molecule has 0 amide bonds. The summed E-state index contributed by atoms with van der Waals surface area (Å²) in [6.07, 6.45) is 1.64. The minimum Gasteiger partial charge on any atom is -0.497 e. The molecule has 4 rings (SSSR count). The highest BCUT2D eigenvalue weighted by Gasteiger charge is 2.18. The van der Waals surface area contributed by atoms with Crippen LogP contribution in [0.2, 0.25) is 0 Å². The molecule has 8 heteroatoms. The number of furan rings is 1. The third-order valence-electron chi connectivity index (χ3n) is 4.10. The Bertz CT molecular complexity index is 1040. The summed E-state index contributed by atoms with van der Waals surface area (Å²) in [6.45, 7) is 0.506. The van der Waals surface area contributed by atoms with Gasteiger partial charge in [-0.1, -0.05) is 17.8 Å². The highest BCUT2D eigenvalue weighted by molar-refractivity contribution is 7.99. The SMILES string of the molecule is COc1ccc(C(=O)CSc2nnc(-c3cccs3)n2Cc2ccco2)cc1. The number of benzene rings is 1. The molecule has 142 valence electrons. The number of thioether (sulfide) groups is 1. The van der Waals surface area contributed by atoms with E-state index < -0.39 is 0 Å². The Labute approximate surface area is 170 Å². The Balaban J connectivity index is 1.54. The van der Waals surface area contributed by atoms with Crippen LogP contribution in [0.5, 0.6) is 5.75 Å². The Morgan fingerprint density at radius 2 is 2.04 bits per heavy atom. The van der Waals surface area contributed by atoms with Gasteiger partial charge in [-0.2, -0.15) is 0 Å². The van der Waals surface area contributed by atoms with Crippen LogP contribution in [0.3, 0.4) is 0 Å². The third-order valence-corrected chi connectivity index (χ3v) is 5.93. The fourth-order valence-electron chi connectivity index (χ4n) is 2.67. The number of aromatic nitrogens is 3. The fraction of sp³-hybridized carbons (Fsp3) is 0.150.